The third kappa shape index (κ3) is 3.64. The zero-order valence-corrected chi connectivity index (χ0v) is 20.4. The van der Waals surface area contributed by atoms with Crippen molar-refractivity contribution in [2.24, 2.45) is 0 Å². The number of benzene rings is 3. The summed E-state index contributed by atoms with van der Waals surface area (Å²) in [5.41, 5.74) is 4.11. The van der Waals surface area contributed by atoms with E-state index in [1.165, 1.54) is 0 Å². The van der Waals surface area contributed by atoms with Crippen LogP contribution in [0.15, 0.2) is 87.0 Å². The maximum Gasteiger partial charge on any atom is 0.295 e. The van der Waals surface area contributed by atoms with Crippen LogP contribution in [-0.4, -0.2) is 12.5 Å². The smallest absolute Gasteiger partial charge is 0.295 e. The maximum absolute atomic E-state index is 13.8. The third-order valence-corrected chi connectivity index (χ3v) is 6.64. The molecule has 0 spiro atoms. The highest BCUT2D eigenvalue weighted by atomic mass is 79.9. The van der Waals surface area contributed by atoms with E-state index in [4.69, 9.17) is 9.15 Å². The summed E-state index contributed by atoms with van der Waals surface area (Å²) in [6.07, 6.45) is 1.67. The van der Waals surface area contributed by atoms with Gasteiger partial charge in [-0.25, -0.2) is 0 Å². The fourth-order valence-electron chi connectivity index (χ4n) is 4.33. The van der Waals surface area contributed by atoms with E-state index in [0.29, 0.717) is 34.6 Å². The van der Waals surface area contributed by atoms with E-state index in [9.17, 15) is 9.59 Å². The molecule has 170 valence electrons. The summed E-state index contributed by atoms with van der Waals surface area (Å²) in [6, 6.07) is 17.8. The minimum Gasteiger partial charge on any atom is -0.490 e. The molecule has 5 nitrogen and oxygen atoms in total. The van der Waals surface area contributed by atoms with Gasteiger partial charge < -0.3 is 9.15 Å². The van der Waals surface area contributed by atoms with Crippen molar-refractivity contribution >= 4 is 38.5 Å². The summed E-state index contributed by atoms with van der Waals surface area (Å²) in [5.74, 6) is 0.356. The molecule has 0 fully saturated rings. The maximum atomic E-state index is 13.8. The normalized spacial score (nSPS) is 15.0. The second-order valence-electron chi connectivity index (χ2n) is 8.33. The molecule has 1 aromatic heterocycles. The molecule has 1 amide bonds. The second kappa shape index (κ2) is 8.61. The number of nitrogens with zero attached hydrogens (tertiary/aromatic N) is 1. The highest BCUT2D eigenvalue weighted by molar-refractivity contribution is 9.10. The van der Waals surface area contributed by atoms with Gasteiger partial charge in [-0.15, -0.1) is 0 Å². The molecule has 1 atom stereocenters. The monoisotopic (exact) mass is 515 g/mol. The Morgan fingerprint density at radius 1 is 1.06 bits per heavy atom. The molecule has 0 N–H and O–H groups in total. The lowest BCUT2D eigenvalue weighted by molar-refractivity contribution is 0.0971. The summed E-state index contributed by atoms with van der Waals surface area (Å²) in [7, 11) is 0. The molecule has 0 aliphatic carbocycles. The molecule has 2 heterocycles. The van der Waals surface area contributed by atoms with E-state index >= 15 is 0 Å². The Kier molecular flexibility index (Phi) is 5.62. The molecule has 0 saturated carbocycles. The number of aryl methyl sites for hydroxylation is 2. The van der Waals surface area contributed by atoms with Gasteiger partial charge in [0.25, 0.3) is 5.91 Å². The molecular formula is C28H22BrNO4. The Hall–Kier alpha value is -3.64. The number of anilines is 1. The zero-order valence-electron chi connectivity index (χ0n) is 18.8. The molecule has 0 saturated heterocycles. The van der Waals surface area contributed by atoms with Crippen LogP contribution in [0.5, 0.6) is 5.75 Å². The SMILES string of the molecule is C=CCOc1cccc(C2c3c(oc4ccc(Br)cc4c3=O)C(=O)N2c2ccc(C)c(C)c2)c1. The molecule has 1 aliphatic heterocycles. The van der Waals surface area contributed by atoms with Crippen LogP contribution in [-0.2, 0) is 0 Å². The number of carbonyl (C=O) groups excluding carboxylic acids is 1. The van der Waals surface area contributed by atoms with E-state index in [0.717, 1.165) is 21.2 Å². The number of fused-ring (bicyclic) bond motifs is 2. The van der Waals surface area contributed by atoms with Gasteiger partial charge in [0, 0.05) is 10.2 Å². The van der Waals surface area contributed by atoms with E-state index in [1.807, 2.05) is 56.3 Å². The Labute approximate surface area is 205 Å². The van der Waals surface area contributed by atoms with Gasteiger partial charge in [0.15, 0.2) is 5.43 Å². The lowest BCUT2D eigenvalue weighted by Crippen LogP contribution is -2.29. The number of amides is 1. The average molecular weight is 516 g/mol. The number of halogens is 1. The topological polar surface area (TPSA) is 59.8 Å². The minimum atomic E-state index is -0.656. The molecule has 0 bridgehead atoms. The molecule has 3 aromatic carbocycles. The van der Waals surface area contributed by atoms with Crippen LogP contribution in [0.1, 0.15) is 38.9 Å². The molecule has 6 heteroatoms. The van der Waals surface area contributed by atoms with Crippen molar-refractivity contribution in [1.82, 2.24) is 0 Å². The first-order chi connectivity index (χ1) is 16.4. The van der Waals surface area contributed by atoms with Crippen LogP contribution in [0.25, 0.3) is 11.0 Å². The largest absolute Gasteiger partial charge is 0.490 e. The summed E-state index contributed by atoms with van der Waals surface area (Å²) in [4.78, 5) is 29.1. The van der Waals surface area contributed by atoms with Gasteiger partial charge in [-0.05, 0) is 73.0 Å². The lowest BCUT2D eigenvalue weighted by atomic mass is 9.97. The van der Waals surface area contributed by atoms with Gasteiger partial charge >= 0.3 is 0 Å². The van der Waals surface area contributed by atoms with E-state index < -0.39 is 6.04 Å². The van der Waals surface area contributed by atoms with Gasteiger partial charge in [-0.1, -0.05) is 46.8 Å². The highest BCUT2D eigenvalue weighted by Gasteiger charge is 2.43. The zero-order chi connectivity index (χ0) is 24.0. The fourth-order valence-corrected chi connectivity index (χ4v) is 4.69. The summed E-state index contributed by atoms with van der Waals surface area (Å²) >= 11 is 3.43. The van der Waals surface area contributed by atoms with Gasteiger partial charge in [-0.2, -0.15) is 0 Å². The lowest BCUT2D eigenvalue weighted by Gasteiger charge is -2.26. The standard InChI is InChI=1S/C28H22BrNO4/c1-4-12-33-21-7-5-6-18(14-21)25-24-26(31)22-15-19(29)9-11-23(22)34-27(24)28(32)30(25)20-10-8-16(2)17(3)13-20/h4-11,13-15,25H,1,12H2,2-3H3. The van der Waals surface area contributed by atoms with Crippen LogP contribution in [0.2, 0.25) is 0 Å². The van der Waals surface area contributed by atoms with Gasteiger partial charge in [0.1, 0.15) is 17.9 Å². The third-order valence-electron chi connectivity index (χ3n) is 6.14. The Bertz CT molecular complexity index is 1520. The molecule has 5 rings (SSSR count). The van der Waals surface area contributed by atoms with Crippen molar-refractivity contribution in [1.29, 1.82) is 0 Å². The minimum absolute atomic E-state index is 0.0699. The van der Waals surface area contributed by atoms with Crippen LogP contribution in [0.3, 0.4) is 0 Å². The van der Waals surface area contributed by atoms with Crippen LogP contribution in [0, 0.1) is 13.8 Å². The molecule has 0 radical (unpaired) electrons. The first-order valence-corrected chi connectivity index (χ1v) is 11.7. The first kappa shape index (κ1) is 22.2. The van der Waals surface area contributed by atoms with E-state index in [-0.39, 0.29) is 17.1 Å². The summed E-state index contributed by atoms with van der Waals surface area (Å²) in [5, 5.41) is 0.423. The van der Waals surface area contributed by atoms with Crippen molar-refractivity contribution in [3.05, 3.63) is 116 Å². The quantitative estimate of drug-likeness (QED) is 0.285. The summed E-state index contributed by atoms with van der Waals surface area (Å²) < 4.78 is 12.5. The van der Waals surface area contributed by atoms with Crippen LogP contribution in [0.4, 0.5) is 5.69 Å². The van der Waals surface area contributed by atoms with Crippen LogP contribution >= 0.6 is 15.9 Å². The Balaban J connectivity index is 1.77. The predicted octanol–water partition coefficient (Wildman–Crippen LogP) is 6.49. The Morgan fingerprint density at radius 3 is 2.65 bits per heavy atom. The fraction of sp³-hybridized carbons (Fsp3) is 0.143. The van der Waals surface area contributed by atoms with Crippen molar-refractivity contribution < 1.29 is 13.9 Å². The molecule has 1 aliphatic rings. The van der Waals surface area contributed by atoms with Gasteiger partial charge in [0.05, 0.1) is 17.0 Å². The number of carbonyl (C=O) groups is 1. The van der Waals surface area contributed by atoms with E-state index in [2.05, 4.69) is 22.5 Å². The van der Waals surface area contributed by atoms with Gasteiger partial charge in [-0.3, -0.25) is 14.5 Å². The molecule has 1 unspecified atom stereocenters. The van der Waals surface area contributed by atoms with Crippen molar-refractivity contribution in [3.8, 4) is 5.75 Å². The van der Waals surface area contributed by atoms with Gasteiger partial charge in [0.2, 0.25) is 5.76 Å². The van der Waals surface area contributed by atoms with E-state index in [1.54, 1.807) is 29.2 Å². The molecule has 34 heavy (non-hydrogen) atoms. The van der Waals surface area contributed by atoms with Crippen molar-refractivity contribution in [2.45, 2.75) is 19.9 Å². The second-order valence-corrected chi connectivity index (χ2v) is 9.25. The first-order valence-electron chi connectivity index (χ1n) is 10.9. The number of ether oxygens (including phenoxy) is 1. The number of rotatable bonds is 5. The predicted molar refractivity (Wildman–Crippen MR) is 137 cm³/mol. The molecular weight excluding hydrogens is 494 g/mol. The van der Waals surface area contributed by atoms with Crippen LogP contribution < -0.4 is 15.1 Å². The molecule has 4 aromatic rings. The number of hydrogen-bond acceptors (Lipinski definition) is 4. The average Bonchev–Trinajstić information content (AvgIpc) is 3.13. The highest BCUT2D eigenvalue weighted by Crippen LogP contribution is 2.42. The summed E-state index contributed by atoms with van der Waals surface area (Å²) in [6.45, 7) is 8.07. The van der Waals surface area contributed by atoms with Crippen molar-refractivity contribution in [2.75, 3.05) is 11.5 Å². The van der Waals surface area contributed by atoms with Crippen molar-refractivity contribution in [3.63, 3.8) is 0 Å². The number of hydrogen-bond donors (Lipinski definition) is 0. The Morgan fingerprint density at radius 2 is 1.88 bits per heavy atom.